The monoisotopic (exact) mass is 1280 g/mol. The summed E-state index contributed by atoms with van der Waals surface area (Å²) >= 11 is 0. The van der Waals surface area contributed by atoms with Crippen molar-refractivity contribution >= 4 is 87.8 Å². The van der Waals surface area contributed by atoms with Gasteiger partial charge < -0.3 is 70.3 Å². The summed E-state index contributed by atoms with van der Waals surface area (Å²) in [5, 5.41) is 10.8. The van der Waals surface area contributed by atoms with E-state index in [9.17, 15) is 47.9 Å². The number of carbonyl (C=O) groups excluding carboxylic acids is 12. The number of ether oxygens (including phenoxy) is 2. The summed E-state index contributed by atoms with van der Waals surface area (Å²) in [6.07, 6.45) is -0.917. The Balaban J connectivity index is 1.33. The lowest BCUT2D eigenvalue weighted by atomic mass is 9.96. The summed E-state index contributed by atoms with van der Waals surface area (Å²) in [7, 11) is 5.61. The molecule has 1 aromatic rings. The lowest BCUT2D eigenvalue weighted by Gasteiger charge is -2.36. The lowest BCUT2D eigenvalue weighted by molar-refractivity contribution is -0.163. The Morgan fingerprint density at radius 3 is 1.48 bits per heavy atom. The first-order valence-electron chi connectivity index (χ1n) is 31.6. The van der Waals surface area contributed by atoms with Crippen LogP contribution in [0.1, 0.15) is 140 Å². The zero-order chi connectivity index (χ0) is 68.4. The standard InChI is InChI=1S/C64H90N12O16/c1-17-31(7)44-61(86)75-25-19-21-38(75)59(84)71(13)27-40(77)73(15)50(29(3)4)63(88)90-35(11)46(57(82)67-44)69-55(80)37-24-23-33(9)53-48(37)66-49-42(43(65)52(79)34(10)54(49)92-53)56(81)70-47-36(12)91-64(89)51(30(5)6)74(16)41(78)28-72(14)60(85)39-22-20-26-76(39)62(87)45(32(8)18-2)68-58(47)83/h23-24,29-32,35-36,38-39,44-47,50-51H,17-22,25-28,65H2,1-16H3,(H,67,82)(H,68,83)(H,69,80)(H,70,81)/t31-,32-,35-,36-,38+,39+,44+,45+,46+,47-,50+,51+/m1/s1. The van der Waals surface area contributed by atoms with E-state index < -0.39 is 191 Å². The average molecular weight is 1280 g/mol. The Bertz CT molecular complexity index is 3460. The Hall–Kier alpha value is -8.72. The van der Waals surface area contributed by atoms with Crippen molar-refractivity contribution in [3.63, 3.8) is 0 Å². The summed E-state index contributed by atoms with van der Waals surface area (Å²) in [5.41, 5.74) is 3.63. The van der Waals surface area contributed by atoms with E-state index in [4.69, 9.17) is 24.6 Å². The minimum Gasteiger partial charge on any atom is -0.458 e. The first-order chi connectivity index (χ1) is 43.2. The molecule has 6 N–H and O–H groups in total. The molecule has 7 rings (SSSR count). The second-order valence-corrected chi connectivity index (χ2v) is 25.8. The van der Waals surface area contributed by atoms with E-state index in [0.29, 0.717) is 31.2 Å². The first-order valence-corrected chi connectivity index (χ1v) is 31.6. The van der Waals surface area contributed by atoms with E-state index in [-0.39, 0.29) is 53.9 Å². The molecule has 28 heteroatoms. The number of amides is 10. The Kier molecular flexibility index (Phi) is 22.2. The van der Waals surface area contributed by atoms with Gasteiger partial charge in [-0.2, -0.15) is 0 Å². The van der Waals surface area contributed by atoms with Crippen LogP contribution in [0.2, 0.25) is 0 Å². The van der Waals surface area contributed by atoms with Crippen molar-refractivity contribution in [2.75, 3.05) is 60.1 Å². The largest absolute Gasteiger partial charge is 0.458 e. The van der Waals surface area contributed by atoms with Gasteiger partial charge in [-0.05, 0) is 88.7 Å². The zero-order valence-corrected chi connectivity index (χ0v) is 55.5. The molecule has 1 aromatic carbocycles. The third-order valence-corrected chi connectivity index (χ3v) is 18.6. The molecule has 0 radical (unpaired) electrons. The highest BCUT2D eigenvalue weighted by molar-refractivity contribution is 6.10. The third-order valence-electron chi connectivity index (χ3n) is 18.6. The van der Waals surface area contributed by atoms with Crippen LogP contribution in [0.3, 0.4) is 0 Å². The molecule has 10 amide bonds. The highest BCUT2D eigenvalue weighted by Gasteiger charge is 2.47. The van der Waals surface area contributed by atoms with Crippen LogP contribution >= 0.6 is 0 Å². The number of nitrogens with two attached hydrogens (primary N) is 1. The summed E-state index contributed by atoms with van der Waals surface area (Å²) in [4.78, 5) is 201. The van der Waals surface area contributed by atoms with Gasteiger partial charge in [0.1, 0.15) is 71.8 Å². The smallest absolute Gasteiger partial charge is 0.329 e. The van der Waals surface area contributed by atoms with E-state index in [1.54, 1.807) is 62.3 Å². The molecule has 0 saturated carbocycles. The fourth-order valence-electron chi connectivity index (χ4n) is 12.6. The van der Waals surface area contributed by atoms with Crippen molar-refractivity contribution in [2.45, 2.75) is 182 Å². The highest BCUT2D eigenvalue weighted by atomic mass is 16.6. The van der Waals surface area contributed by atoms with Crippen LogP contribution in [-0.2, 0) is 57.4 Å². The summed E-state index contributed by atoms with van der Waals surface area (Å²) in [6.45, 7) is 18.8. The number of benzene rings is 2. The van der Waals surface area contributed by atoms with Crippen molar-refractivity contribution in [3.8, 4) is 11.5 Å². The molecule has 12 atom stereocenters. The summed E-state index contributed by atoms with van der Waals surface area (Å²) < 4.78 is 18.4. The number of fused-ring (bicyclic) bond motifs is 4. The third kappa shape index (κ3) is 14.2. The molecule has 4 saturated heterocycles. The number of cyclic esters (lactones) is 2. The number of anilines is 1. The summed E-state index contributed by atoms with van der Waals surface area (Å²) in [6, 6.07) is -7.86. The van der Waals surface area contributed by atoms with Gasteiger partial charge in [-0.25, -0.2) is 14.6 Å². The van der Waals surface area contributed by atoms with Crippen LogP contribution in [0.15, 0.2) is 21.3 Å². The maximum Gasteiger partial charge on any atom is 0.329 e. The SMILES string of the molecule is CC[C@@H](C)[C@@H]1NC(=O)[C@@H](NC(=O)c2ccc(C)c3oc4c(C)c(=O)c(N)c(C(=O)N[C@H]5C(=O)N[C@@H]([C@H](C)CC)C(=O)N6CCC[C@H]6C(=O)N(C)CC(=O)N(C)[C@@H](C(C)C)C(=O)O[C@@H]5C)c-4nc23)[C@@H](C)OC(=O)[C@H](C(C)C)N(C)C(=O)CN(C)C(=O)[C@@H]2CCCN2C1=O. The fraction of sp³-hybridized carbons (Fsp3) is 0.625. The Morgan fingerprint density at radius 1 is 0.641 bits per heavy atom. The number of hydrogen-bond acceptors (Lipinski definition) is 18. The molecule has 28 nitrogen and oxygen atoms in total. The number of nitrogens with one attached hydrogen (secondary N) is 4. The minimum atomic E-state index is -1.88. The molecular formula is C64H90N12O16. The van der Waals surface area contributed by atoms with Crippen molar-refractivity contribution in [1.29, 1.82) is 0 Å². The molecule has 0 bridgehead atoms. The molecule has 0 unspecified atom stereocenters. The van der Waals surface area contributed by atoms with Crippen LogP contribution in [0.25, 0.3) is 22.6 Å². The van der Waals surface area contributed by atoms with Gasteiger partial charge in [-0.3, -0.25) is 52.7 Å². The van der Waals surface area contributed by atoms with Crippen LogP contribution in [-0.4, -0.2) is 220 Å². The van der Waals surface area contributed by atoms with Gasteiger partial charge in [-0.1, -0.05) is 74.3 Å². The number of rotatable bonds is 10. The number of aryl methyl sites for hydroxylation is 1. The maximum atomic E-state index is 15.3. The topological polar surface area (TPSA) is 360 Å². The molecule has 0 aromatic heterocycles. The van der Waals surface area contributed by atoms with Gasteiger partial charge in [0, 0.05) is 46.8 Å². The van der Waals surface area contributed by atoms with Crippen molar-refractivity contribution < 1.29 is 71.4 Å². The van der Waals surface area contributed by atoms with Gasteiger partial charge in [0.25, 0.3) is 11.8 Å². The lowest BCUT2D eigenvalue weighted by Crippen LogP contribution is -2.61. The van der Waals surface area contributed by atoms with Gasteiger partial charge in [0.15, 0.2) is 11.3 Å². The number of hydrogen-bond donors (Lipinski definition) is 5. The second kappa shape index (κ2) is 28.8. The molecule has 0 spiro atoms. The van der Waals surface area contributed by atoms with Crippen molar-refractivity contribution in [1.82, 2.24) is 55.7 Å². The van der Waals surface area contributed by atoms with E-state index >= 15 is 14.4 Å². The van der Waals surface area contributed by atoms with Crippen LogP contribution in [0.5, 0.6) is 0 Å². The van der Waals surface area contributed by atoms with Crippen LogP contribution < -0.4 is 32.4 Å². The molecule has 5 aliphatic heterocycles. The van der Waals surface area contributed by atoms with Crippen molar-refractivity contribution in [2.24, 2.45) is 23.7 Å². The molecule has 502 valence electrons. The molecule has 4 fully saturated rings. The van der Waals surface area contributed by atoms with E-state index in [1.807, 2.05) is 0 Å². The molecule has 1 aliphatic carbocycles. The van der Waals surface area contributed by atoms with Crippen LogP contribution in [0, 0.1) is 37.5 Å². The van der Waals surface area contributed by atoms with Crippen molar-refractivity contribution in [3.05, 3.63) is 44.6 Å². The number of likely N-dealkylation sites (N-methyl/N-ethyl adjacent to an activating group) is 4. The predicted molar refractivity (Wildman–Crippen MR) is 335 cm³/mol. The van der Waals surface area contributed by atoms with E-state index in [1.165, 1.54) is 80.7 Å². The Morgan fingerprint density at radius 2 is 1.07 bits per heavy atom. The zero-order valence-electron chi connectivity index (χ0n) is 55.5. The van der Waals surface area contributed by atoms with E-state index in [0.717, 1.165) is 9.80 Å². The predicted octanol–water partition coefficient (Wildman–Crippen LogP) is 1.51. The highest BCUT2D eigenvalue weighted by Crippen LogP contribution is 2.35. The normalized spacial score (nSPS) is 26.5. The fourth-order valence-corrected chi connectivity index (χ4v) is 12.6. The van der Waals surface area contributed by atoms with Gasteiger partial charge >= 0.3 is 11.9 Å². The Labute approximate surface area is 535 Å². The maximum absolute atomic E-state index is 15.3. The molecule has 92 heavy (non-hydrogen) atoms. The molecular weight excluding hydrogens is 1190 g/mol. The average Bonchev–Trinajstić information content (AvgIpc) is 1.28. The van der Waals surface area contributed by atoms with Gasteiger partial charge in [-0.15, -0.1) is 0 Å². The second-order valence-electron chi connectivity index (χ2n) is 25.8. The number of esters is 2. The number of carbonyl (C=O) groups is 12. The van der Waals surface area contributed by atoms with E-state index in [2.05, 4.69) is 21.3 Å². The summed E-state index contributed by atoms with van der Waals surface area (Å²) in [5.74, 6) is -12.2. The van der Waals surface area contributed by atoms with Gasteiger partial charge in [0.2, 0.25) is 52.7 Å². The quantitative estimate of drug-likeness (QED) is 0.109. The first kappa shape index (κ1) is 70.7. The molecule has 6 aliphatic rings. The van der Waals surface area contributed by atoms with Crippen LogP contribution in [0.4, 0.5) is 5.69 Å². The minimum absolute atomic E-state index is 0.0732. The van der Waals surface area contributed by atoms with Gasteiger partial charge in [0.05, 0.1) is 29.9 Å². The number of nitrogen functional groups attached to an aromatic ring is 1. The number of aromatic nitrogens is 1. The number of nitrogens with zero attached hydrogens (tertiary/aromatic N) is 7. The molecule has 5 heterocycles.